The zero-order valence-corrected chi connectivity index (χ0v) is 19.2. The lowest BCUT2D eigenvalue weighted by Gasteiger charge is -2.05. The summed E-state index contributed by atoms with van der Waals surface area (Å²) < 4.78 is 14.8. The number of rotatable bonds is 6. The van der Waals surface area contributed by atoms with Gasteiger partial charge in [0.1, 0.15) is 5.82 Å². The summed E-state index contributed by atoms with van der Waals surface area (Å²) >= 11 is 2.77. The minimum Gasteiger partial charge on any atom is -0.481 e. The number of benzene rings is 3. The predicted octanol–water partition coefficient (Wildman–Crippen LogP) is 5.73. The smallest absolute Gasteiger partial charge is 0.307 e. The SMILES string of the molecule is CSc1ccc(-c2ccc(C=C3SC(=Nc4ccc(CC(=O)O)cc4)NC3=O)c(F)c2)cc1. The molecular formula is C25H19FN2O3S2. The van der Waals surface area contributed by atoms with Crippen LogP contribution in [0.2, 0.25) is 0 Å². The quantitative estimate of drug-likeness (QED) is 0.349. The first-order valence-electron chi connectivity index (χ1n) is 9.95. The maximum Gasteiger partial charge on any atom is 0.307 e. The van der Waals surface area contributed by atoms with Gasteiger partial charge in [-0.1, -0.05) is 36.4 Å². The Morgan fingerprint density at radius 1 is 1.09 bits per heavy atom. The van der Waals surface area contributed by atoms with Gasteiger partial charge < -0.3 is 10.4 Å². The van der Waals surface area contributed by atoms with Crippen molar-refractivity contribution in [1.82, 2.24) is 5.32 Å². The number of nitrogens with zero attached hydrogens (tertiary/aromatic N) is 1. The van der Waals surface area contributed by atoms with Crippen LogP contribution in [0.15, 0.2) is 81.5 Å². The van der Waals surface area contributed by atoms with E-state index >= 15 is 0 Å². The minimum absolute atomic E-state index is 0.0668. The summed E-state index contributed by atoms with van der Waals surface area (Å²) in [5.74, 6) is -1.67. The number of nitrogens with one attached hydrogen (secondary N) is 1. The Balaban J connectivity index is 1.50. The van der Waals surface area contributed by atoms with Crippen molar-refractivity contribution in [2.24, 2.45) is 4.99 Å². The molecule has 1 amide bonds. The van der Waals surface area contributed by atoms with Gasteiger partial charge >= 0.3 is 5.97 Å². The molecule has 3 aromatic rings. The van der Waals surface area contributed by atoms with Crippen LogP contribution in [-0.2, 0) is 16.0 Å². The molecule has 1 aliphatic heterocycles. The van der Waals surface area contributed by atoms with Gasteiger partial charge in [-0.05, 0) is 71.1 Å². The third-order valence-corrected chi connectivity index (χ3v) is 6.54. The molecule has 0 spiro atoms. The number of carboxylic acid groups (broad SMARTS) is 1. The fourth-order valence-electron chi connectivity index (χ4n) is 3.21. The molecule has 1 saturated heterocycles. The highest BCUT2D eigenvalue weighted by molar-refractivity contribution is 8.18. The first-order valence-corrected chi connectivity index (χ1v) is 12.0. The van der Waals surface area contributed by atoms with Crippen LogP contribution in [0.1, 0.15) is 11.1 Å². The van der Waals surface area contributed by atoms with Crippen molar-refractivity contribution >= 4 is 52.3 Å². The van der Waals surface area contributed by atoms with Crippen LogP contribution < -0.4 is 5.32 Å². The average Bonchev–Trinajstić information content (AvgIpc) is 3.14. The molecule has 8 heteroatoms. The van der Waals surface area contributed by atoms with Gasteiger partial charge in [0.15, 0.2) is 5.17 Å². The van der Waals surface area contributed by atoms with E-state index in [1.807, 2.05) is 36.6 Å². The summed E-state index contributed by atoms with van der Waals surface area (Å²) in [6.07, 6.45) is 3.44. The average molecular weight is 479 g/mol. The van der Waals surface area contributed by atoms with Crippen LogP contribution in [0, 0.1) is 5.82 Å². The molecule has 33 heavy (non-hydrogen) atoms. The van der Waals surface area contributed by atoms with E-state index in [-0.39, 0.29) is 12.3 Å². The Bertz CT molecular complexity index is 1270. The molecule has 0 bridgehead atoms. The number of carbonyl (C=O) groups excluding carboxylic acids is 1. The zero-order valence-electron chi connectivity index (χ0n) is 17.5. The molecule has 5 nitrogen and oxygen atoms in total. The molecule has 0 aliphatic carbocycles. The Labute approximate surface area is 198 Å². The number of halogens is 1. The van der Waals surface area contributed by atoms with Gasteiger partial charge in [0.05, 0.1) is 17.0 Å². The van der Waals surface area contributed by atoms with E-state index in [4.69, 9.17) is 5.11 Å². The summed E-state index contributed by atoms with van der Waals surface area (Å²) in [7, 11) is 0. The van der Waals surface area contributed by atoms with Crippen molar-refractivity contribution in [3.05, 3.63) is 88.6 Å². The first-order chi connectivity index (χ1) is 15.9. The number of carboxylic acids is 1. The number of aliphatic imine (C=N–C) groups is 1. The van der Waals surface area contributed by atoms with Crippen LogP contribution in [-0.4, -0.2) is 28.4 Å². The number of hydrogen-bond donors (Lipinski definition) is 2. The molecular weight excluding hydrogens is 459 g/mol. The summed E-state index contributed by atoms with van der Waals surface area (Å²) in [5.41, 5.74) is 3.24. The fraction of sp³-hybridized carbons (Fsp3) is 0.0800. The number of carbonyl (C=O) groups is 2. The van der Waals surface area contributed by atoms with E-state index in [0.717, 1.165) is 27.8 Å². The third kappa shape index (κ3) is 5.71. The lowest BCUT2D eigenvalue weighted by Crippen LogP contribution is -2.19. The Morgan fingerprint density at radius 3 is 2.42 bits per heavy atom. The molecule has 0 aromatic heterocycles. The minimum atomic E-state index is -0.906. The van der Waals surface area contributed by atoms with Gasteiger partial charge in [-0.2, -0.15) is 0 Å². The summed E-state index contributed by atoms with van der Waals surface area (Å²) in [6, 6.07) is 19.6. The number of hydrogen-bond acceptors (Lipinski definition) is 5. The third-order valence-electron chi connectivity index (χ3n) is 4.88. The lowest BCUT2D eigenvalue weighted by molar-refractivity contribution is -0.136. The molecule has 166 valence electrons. The van der Waals surface area contributed by atoms with Crippen molar-refractivity contribution < 1.29 is 19.1 Å². The topological polar surface area (TPSA) is 78.8 Å². The molecule has 1 aliphatic rings. The van der Waals surface area contributed by atoms with Crippen LogP contribution in [0.3, 0.4) is 0 Å². The van der Waals surface area contributed by atoms with Crippen molar-refractivity contribution in [2.75, 3.05) is 6.26 Å². The summed E-state index contributed by atoms with van der Waals surface area (Å²) in [6.45, 7) is 0. The van der Waals surface area contributed by atoms with Crippen molar-refractivity contribution in [3.63, 3.8) is 0 Å². The molecule has 0 atom stereocenters. The van der Waals surface area contributed by atoms with Crippen LogP contribution in [0.4, 0.5) is 10.1 Å². The summed E-state index contributed by atoms with van der Waals surface area (Å²) in [5, 5.41) is 11.9. The largest absolute Gasteiger partial charge is 0.481 e. The Kier molecular flexibility index (Phi) is 6.96. The molecule has 1 fully saturated rings. The standard InChI is InChI=1S/C25H19FN2O3S2/c1-32-20-10-6-16(7-11-20)17-4-5-18(21(26)13-17)14-22-24(31)28-25(33-22)27-19-8-2-15(3-9-19)12-23(29)30/h2-11,13-14H,12H2,1H3,(H,29,30)(H,27,28,31). The second kappa shape index (κ2) is 10.1. The van der Waals surface area contributed by atoms with Crippen molar-refractivity contribution in [1.29, 1.82) is 0 Å². The van der Waals surface area contributed by atoms with Crippen molar-refractivity contribution in [2.45, 2.75) is 11.3 Å². The Hall–Kier alpha value is -3.36. The van der Waals surface area contributed by atoms with Gasteiger partial charge in [-0.15, -0.1) is 11.8 Å². The highest BCUT2D eigenvalue weighted by atomic mass is 32.2. The molecule has 0 saturated carbocycles. The molecule has 2 N–H and O–H groups in total. The number of amides is 1. The second-order valence-electron chi connectivity index (χ2n) is 7.18. The Morgan fingerprint density at radius 2 is 1.79 bits per heavy atom. The predicted molar refractivity (Wildman–Crippen MR) is 132 cm³/mol. The van der Waals surface area contributed by atoms with E-state index in [2.05, 4.69) is 10.3 Å². The maximum absolute atomic E-state index is 14.8. The fourth-order valence-corrected chi connectivity index (χ4v) is 4.45. The second-order valence-corrected chi connectivity index (χ2v) is 9.09. The van der Waals surface area contributed by atoms with Crippen LogP contribution >= 0.6 is 23.5 Å². The molecule has 4 rings (SSSR count). The normalized spacial score (nSPS) is 15.8. The first kappa shape index (κ1) is 22.8. The molecule has 0 radical (unpaired) electrons. The van der Waals surface area contributed by atoms with Crippen LogP contribution in [0.5, 0.6) is 0 Å². The van der Waals surface area contributed by atoms with E-state index in [1.165, 1.54) is 12.1 Å². The van der Waals surface area contributed by atoms with E-state index in [0.29, 0.717) is 26.9 Å². The van der Waals surface area contributed by atoms with Gasteiger partial charge in [-0.25, -0.2) is 9.38 Å². The molecule has 1 heterocycles. The number of amidine groups is 1. The lowest BCUT2D eigenvalue weighted by atomic mass is 10.0. The van der Waals surface area contributed by atoms with Gasteiger partial charge in [0, 0.05) is 10.5 Å². The highest BCUT2D eigenvalue weighted by Gasteiger charge is 2.24. The molecule has 3 aromatic carbocycles. The summed E-state index contributed by atoms with van der Waals surface area (Å²) in [4.78, 5) is 29.0. The van der Waals surface area contributed by atoms with Crippen LogP contribution in [0.25, 0.3) is 17.2 Å². The zero-order chi connectivity index (χ0) is 23.4. The van der Waals surface area contributed by atoms with E-state index < -0.39 is 11.8 Å². The highest BCUT2D eigenvalue weighted by Crippen LogP contribution is 2.30. The van der Waals surface area contributed by atoms with Crippen molar-refractivity contribution in [3.8, 4) is 11.1 Å². The van der Waals surface area contributed by atoms with E-state index in [1.54, 1.807) is 42.1 Å². The van der Waals surface area contributed by atoms with E-state index in [9.17, 15) is 14.0 Å². The molecule has 0 unspecified atom stereocenters. The van der Waals surface area contributed by atoms with Gasteiger partial charge in [0.2, 0.25) is 0 Å². The monoisotopic (exact) mass is 478 g/mol. The number of thioether (sulfide) groups is 2. The van der Waals surface area contributed by atoms with Gasteiger partial charge in [0.25, 0.3) is 5.91 Å². The van der Waals surface area contributed by atoms with Gasteiger partial charge in [-0.3, -0.25) is 9.59 Å². The number of aliphatic carboxylic acids is 1. The maximum atomic E-state index is 14.8.